The van der Waals surface area contributed by atoms with Crippen LogP contribution >= 0.6 is 0 Å². The quantitative estimate of drug-likeness (QED) is 0.718. The van der Waals surface area contributed by atoms with Gasteiger partial charge in [-0.2, -0.15) is 13.2 Å². The normalized spacial score (nSPS) is 11.0. The molecule has 5 nitrogen and oxygen atoms in total. The van der Waals surface area contributed by atoms with Gasteiger partial charge in [-0.1, -0.05) is 24.3 Å². The van der Waals surface area contributed by atoms with Crippen molar-refractivity contribution in [2.24, 2.45) is 0 Å². The van der Waals surface area contributed by atoms with Crippen LogP contribution in [0.25, 0.3) is 0 Å². The summed E-state index contributed by atoms with van der Waals surface area (Å²) in [6.45, 7) is 2.20. The summed E-state index contributed by atoms with van der Waals surface area (Å²) in [5.74, 6) is -1.21. The highest BCUT2D eigenvalue weighted by Gasteiger charge is 2.28. The smallest absolute Gasteiger partial charge is 0.376 e. The lowest BCUT2D eigenvalue weighted by atomic mass is 10.1. The zero-order valence-corrected chi connectivity index (χ0v) is 14.9. The molecule has 0 saturated carbocycles. The first-order chi connectivity index (χ1) is 12.7. The van der Waals surface area contributed by atoms with Crippen LogP contribution in [0.4, 0.5) is 24.5 Å². The first-order valence-electron chi connectivity index (χ1n) is 8.20. The van der Waals surface area contributed by atoms with Crippen LogP contribution < -0.4 is 16.0 Å². The molecular formula is C19H20F3N3O2. The van der Waals surface area contributed by atoms with Gasteiger partial charge in [0.05, 0.1) is 12.1 Å². The molecule has 8 heteroatoms. The number of anilines is 2. The molecule has 2 aromatic carbocycles. The van der Waals surface area contributed by atoms with Crippen molar-refractivity contribution < 1.29 is 22.8 Å². The molecule has 0 saturated heterocycles. The van der Waals surface area contributed by atoms with Crippen molar-refractivity contribution in [2.75, 3.05) is 23.7 Å². The van der Waals surface area contributed by atoms with E-state index in [1.165, 1.54) is 18.2 Å². The lowest BCUT2D eigenvalue weighted by Crippen LogP contribution is -2.34. The number of benzene rings is 2. The zero-order valence-electron chi connectivity index (χ0n) is 14.9. The lowest BCUT2D eigenvalue weighted by Gasteiger charge is -2.14. The molecule has 0 radical (unpaired) electrons. The van der Waals surface area contributed by atoms with Gasteiger partial charge in [0, 0.05) is 11.4 Å². The second kappa shape index (κ2) is 8.57. The molecule has 0 spiro atoms. The highest BCUT2D eigenvalue weighted by Crippen LogP contribution is 2.18. The lowest BCUT2D eigenvalue weighted by molar-refractivity contribution is -0.123. The molecule has 27 heavy (non-hydrogen) atoms. The molecule has 2 amide bonds. The molecule has 0 aliphatic heterocycles. The predicted octanol–water partition coefficient (Wildman–Crippen LogP) is 3.65. The average molecular weight is 379 g/mol. The van der Waals surface area contributed by atoms with Crippen LogP contribution in [0, 0.1) is 13.8 Å². The Balaban J connectivity index is 2.00. The highest BCUT2D eigenvalue weighted by atomic mass is 19.4. The van der Waals surface area contributed by atoms with Crippen LogP contribution in [0.2, 0.25) is 0 Å². The molecule has 144 valence electrons. The number of amides is 2. The maximum atomic E-state index is 12.3. The molecule has 0 aromatic heterocycles. The largest absolute Gasteiger partial charge is 0.405 e. The Bertz CT molecular complexity index is 835. The van der Waals surface area contributed by atoms with Crippen molar-refractivity contribution in [3.05, 3.63) is 59.2 Å². The number of rotatable bonds is 6. The number of carbonyl (C=O) groups excluding carboxylic acids is 2. The van der Waals surface area contributed by atoms with Crippen LogP contribution in [0.5, 0.6) is 0 Å². The van der Waals surface area contributed by atoms with Gasteiger partial charge in [0.15, 0.2) is 0 Å². The van der Waals surface area contributed by atoms with E-state index < -0.39 is 18.6 Å². The summed E-state index contributed by atoms with van der Waals surface area (Å²) in [6, 6.07) is 11.7. The SMILES string of the molecule is Cc1ccc(C)c(NC(=O)CNc2ccccc2C(=O)NCC(F)(F)F)c1. The highest BCUT2D eigenvalue weighted by molar-refractivity contribution is 6.01. The number of hydrogen-bond donors (Lipinski definition) is 3. The number of alkyl halides is 3. The fourth-order valence-electron chi connectivity index (χ4n) is 2.35. The van der Waals surface area contributed by atoms with Crippen molar-refractivity contribution >= 4 is 23.2 Å². The Morgan fingerprint density at radius 3 is 2.41 bits per heavy atom. The Morgan fingerprint density at radius 1 is 1.00 bits per heavy atom. The van der Waals surface area contributed by atoms with E-state index in [4.69, 9.17) is 0 Å². The minimum Gasteiger partial charge on any atom is -0.376 e. The molecule has 0 heterocycles. The van der Waals surface area contributed by atoms with Gasteiger partial charge in [-0.05, 0) is 43.2 Å². The molecule has 2 aromatic rings. The third-order valence-electron chi connectivity index (χ3n) is 3.73. The first kappa shape index (κ1) is 20.3. The predicted molar refractivity (Wildman–Crippen MR) is 97.9 cm³/mol. The van der Waals surface area contributed by atoms with Crippen molar-refractivity contribution in [1.29, 1.82) is 0 Å². The van der Waals surface area contributed by atoms with E-state index >= 15 is 0 Å². The van der Waals surface area contributed by atoms with E-state index in [0.717, 1.165) is 11.1 Å². The summed E-state index contributed by atoms with van der Waals surface area (Å²) in [7, 11) is 0. The number of nitrogens with one attached hydrogen (secondary N) is 3. The Hall–Kier alpha value is -3.03. The minimum atomic E-state index is -4.50. The maximum Gasteiger partial charge on any atom is 0.405 e. The molecule has 0 aliphatic rings. The van der Waals surface area contributed by atoms with E-state index in [1.807, 2.05) is 37.4 Å². The second-order valence-electron chi connectivity index (χ2n) is 6.06. The van der Waals surface area contributed by atoms with Crippen LogP contribution in [0.15, 0.2) is 42.5 Å². The minimum absolute atomic E-state index is 0.0290. The molecule has 2 rings (SSSR count). The van der Waals surface area contributed by atoms with Crippen LogP contribution in [-0.2, 0) is 4.79 Å². The number of aryl methyl sites for hydroxylation is 2. The number of hydrogen-bond acceptors (Lipinski definition) is 3. The van der Waals surface area contributed by atoms with Gasteiger partial charge < -0.3 is 16.0 Å². The van der Waals surface area contributed by atoms with Crippen LogP contribution in [-0.4, -0.2) is 31.1 Å². The van der Waals surface area contributed by atoms with Crippen molar-refractivity contribution in [1.82, 2.24) is 5.32 Å². The summed E-state index contributed by atoms with van der Waals surface area (Å²) in [5, 5.41) is 7.37. The van der Waals surface area contributed by atoms with Crippen molar-refractivity contribution in [3.63, 3.8) is 0 Å². The van der Waals surface area contributed by atoms with E-state index in [-0.39, 0.29) is 23.7 Å². The van der Waals surface area contributed by atoms with Gasteiger partial charge in [-0.3, -0.25) is 9.59 Å². The topological polar surface area (TPSA) is 70.2 Å². The first-order valence-corrected chi connectivity index (χ1v) is 8.20. The standard InChI is InChI=1S/C19H20F3N3O2/c1-12-7-8-13(2)16(9-12)25-17(26)10-23-15-6-4-3-5-14(15)18(27)24-11-19(20,21)22/h3-9,23H,10-11H2,1-2H3,(H,24,27)(H,25,26). The van der Waals surface area contributed by atoms with Gasteiger partial charge in [-0.25, -0.2) is 0 Å². The molecule has 0 bridgehead atoms. The fraction of sp³-hybridized carbons (Fsp3) is 0.263. The Kier molecular flexibility index (Phi) is 6.44. The van der Waals surface area contributed by atoms with E-state index in [2.05, 4.69) is 10.6 Å². The Labute approximate surface area is 155 Å². The van der Waals surface area contributed by atoms with E-state index in [1.54, 1.807) is 6.07 Å². The fourth-order valence-corrected chi connectivity index (χ4v) is 2.35. The van der Waals surface area contributed by atoms with Gasteiger partial charge in [0.2, 0.25) is 5.91 Å². The van der Waals surface area contributed by atoms with Crippen molar-refractivity contribution in [2.45, 2.75) is 20.0 Å². The van der Waals surface area contributed by atoms with Crippen LogP contribution in [0.1, 0.15) is 21.5 Å². The number of halogens is 3. The van der Waals surface area contributed by atoms with E-state index in [9.17, 15) is 22.8 Å². The monoisotopic (exact) mass is 379 g/mol. The van der Waals surface area contributed by atoms with E-state index in [0.29, 0.717) is 5.69 Å². The summed E-state index contributed by atoms with van der Waals surface area (Å²) in [4.78, 5) is 24.1. The Morgan fingerprint density at radius 2 is 1.70 bits per heavy atom. The number of carbonyl (C=O) groups is 2. The molecule has 0 atom stereocenters. The second-order valence-corrected chi connectivity index (χ2v) is 6.06. The van der Waals surface area contributed by atoms with Gasteiger partial charge in [-0.15, -0.1) is 0 Å². The third kappa shape index (κ3) is 6.32. The number of para-hydroxylation sites is 1. The zero-order chi connectivity index (χ0) is 20.0. The summed E-state index contributed by atoms with van der Waals surface area (Å²) in [6.07, 6.45) is -4.50. The van der Waals surface area contributed by atoms with Gasteiger partial charge >= 0.3 is 6.18 Å². The summed E-state index contributed by atoms with van der Waals surface area (Å²) < 4.78 is 36.8. The maximum absolute atomic E-state index is 12.3. The molecule has 0 aliphatic carbocycles. The average Bonchev–Trinajstić information content (AvgIpc) is 2.60. The molecule has 0 fully saturated rings. The van der Waals surface area contributed by atoms with Gasteiger partial charge in [0.25, 0.3) is 5.91 Å². The summed E-state index contributed by atoms with van der Waals surface area (Å²) in [5.41, 5.74) is 2.88. The molecular weight excluding hydrogens is 359 g/mol. The summed E-state index contributed by atoms with van der Waals surface area (Å²) >= 11 is 0. The van der Waals surface area contributed by atoms with Crippen LogP contribution in [0.3, 0.4) is 0 Å². The molecule has 3 N–H and O–H groups in total. The molecule has 0 unspecified atom stereocenters. The third-order valence-corrected chi connectivity index (χ3v) is 3.73. The van der Waals surface area contributed by atoms with Gasteiger partial charge in [0.1, 0.15) is 6.54 Å². The van der Waals surface area contributed by atoms with Crippen molar-refractivity contribution in [3.8, 4) is 0 Å².